The van der Waals surface area contributed by atoms with Crippen LogP contribution < -0.4 is 10.6 Å². The molecule has 1 aliphatic heterocycles. The lowest BCUT2D eigenvalue weighted by Gasteiger charge is -2.23. The fourth-order valence-corrected chi connectivity index (χ4v) is 2.52. The van der Waals surface area contributed by atoms with Crippen molar-refractivity contribution in [1.82, 2.24) is 20.2 Å². The van der Waals surface area contributed by atoms with Gasteiger partial charge in [-0.2, -0.15) is 0 Å². The number of aromatic nitrogens is 2. The lowest BCUT2D eigenvalue weighted by atomic mass is 10.2. The zero-order chi connectivity index (χ0) is 15.1. The maximum Gasteiger partial charge on any atom is 0.222 e. The molecule has 1 aliphatic rings. The van der Waals surface area contributed by atoms with E-state index in [1.54, 1.807) is 0 Å². The number of morpholine rings is 1. The molecule has 0 aromatic carbocycles. The van der Waals surface area contributed by atoms with Crippen molar-refractivity contribution >= 4 is 5.91 Å². The molecule has 6 nitrogen and oxygen atoms in total. The summed E-state index contributed by atoms with van der Waals surface area (Å²) in [6, 6.07) is 0. The molecule has 1 unspecified atom stereocenters. The number of nitrogens with zero attached hydrogens (tertiary/aromatic N) is 2. The number of carbonyl (C=O) groups is 1. The first-order chi connectivity index (χ1) is 10.2. The number of amides is 1. The fourth-order valence-electron chi connectivity index (χ4n) is 2.52. The van der Waals surface area contributed by atoms with Gasteiger partial charge in [-0.25, -0.2) is 4.98 Å². The van der Waals surface area contributed by atoms with Gasteiger partial charge in [0.25, 0.3) is 0 Å². The minimum absolute atomic E-state index is 0.0138. The van der Waals surface area contributed by atoms with E-state index in [4.69, 9.17) is 4.74 Å². The number of imidazole rings is 1. The van der Waals surface area contributed by atoms with Crippen molar-refractivity contribution in [1.29, 1.82) is 0 Å². The largest absolute Gasteiger partial charge is 0.375 e. The maximum atomic E-state index is 11.8. The minimum Gasteiger partial charge on any atom is -0.375 e. The van der Waals surface area contributed by atoms with E-state index in [1.165, 1.54) is 0 Å². The van der Waals surface area contributed by atoms with Gasteiger partial charge in [0.05, 0.1) is 19.1 Å². The summed E-state index contributed by atoms with van der Waals surface area (Å²) in [6.07, 6.45) is 5.20. The molecule has 1 amide bonds. The van der Waals surface area contributed by atoms with Gasteiger partial charge in [0.15, 0.2) is 0 Å². The number of ether oxygens (including phenoxy) is 1. The molecular formula is C15H26N4O2. The van der Waals surface area contributed by atoms with E-state index in [1.807, 2.05) is 12.4 Å². The van der Waals surface area contributed by atoms with Crippen LogP contribution in [0, 0.1) is 0 Å². The van der Waals surface area contributed by atoms with Gasteiger partial charge in [0.2, 0.25) is 5.91 Å². The molecule has 0 saturated carbocycles. The Morgan fingerprint density at radius 2 is 2.48 bits per heavy atom. The number of hydrogen-bond donors (Lipinski definition) is 2. The molecule has 2 heterocycles. The molecular weight excluding hydrogens is 268 g/mol. The first kappa shape index (κ1) is 16.0. The molecule has 6 heteroatoms. The highest BCUT2D eigenvalue weighted by Gasteiger charge is 2.16. The Balaban J connectivity index is 1.62. The van der Waals surface area contributed by atoms with Crippen molar-refractivity contribution in [3.8, 4) is 0 Å². The molecule has 1 aromatic rings. The summed E-state index contributed by atoms with van der Waals surface area (Å²) in [7, 11) is 0. The summed E-state index contributed by atoms with van der Waals surface area (Å²) in [5.41, 5.74) is 0. The third-order valence-corrected chi connectivity index (χ3v) is 3.58. The molecule has 2 N–H and O–H groups in total. The molecule has 0 spiro atoms. The van der Waals surface area contributed by atoms with Crippen LogP contribution in [0.2, 0.25) is 0 Å². The van der Waals surface area contributed by atoms with Gasteiger partial charge >= 0.3 is 0 Å². The van der Waals surface area contributed by atoms with Crippen molar-refractivity contribution < 1.29 is 9.53 Å². The standard InChI is InChI=1S/C15H26N4O2/c1-12(2)15-18-5-8-19(15)7-3-4-17-14(20)10-13-11-16-6-9-21-13/h5,8,12-13,16H,3-4,6-7,9-11H2,1-2H3,(H,17,20). The van der Waals surface area contributed by atoms with E-state index in [0.29, 0.717) is 25.5 Å². The summed E-state index contributed by atoms with van der Waals surface area (Å²) >= 11 is 0. The third kappa shape index (κ3) is 5.13. The minimum atomic E-state index is 0.0138. The number of carbonyl (C=O) groups excluding carboxylic acids is 1. The Labute approximate surface area is 126 Å². The van der Waals surface area contributed by atoms with Crippen LogP contribution in [0.25, 0.3) is 0 Å². The predicted molar refractivity (Wildman–Crippen MR) is 81.2 cm³/mol. The fraction of sp³-hybridized carbons (Fsp3) is 0.733. The lowest BCUT2D eigenvalue weighted by Crippen LogP contribution is -2.41. The second kappa shape index (κ2) is 8.14. The van der Waals surface area contributed by atoms with Gasteiger partial charge in [0.1, 0.15) is 5.82 Å². The predicted octanol–water partition coefficient (Wildman–Crippen LogP) is 0.891. The van der Waals surface area contributed by atoms with Crippen LogP contribution >= 0.6 is 0 Å². The highest BCUT2D eigenvalue weighted by molar-refractivity contribution is 5.76. The Bertz CT molecular complexity index is 439. The van der Waals surface area contributed by atoms with Crippen LogP contribution in [0.5, 0.6) is 0 Å². The Morgan fingerprint density at radius 1 is 1.62 bits per heavy atom. The molecule has 1 aromatic heterocycles. The van der Waals surface area contributed by atoms with E-state index >= 15 is 0 Å². The van der Waals surface area contributed by atoms with Crippen LogP contribution in [-0.2, 0) is 16.1 Å². The summed E-state index contributed by atoms with van der Waals surface area (Å²) in [5.74, 6) is 1.59. The molecule has 0 aliphatic carbocycles. The average molecular weight is 294 g/mol. The van der Waals surface area contributed by atoms with Crippen molar-refractivity contribution in [3.05, 3.63) is 18.2 Å². The summed E-state index contributed by atoms with van der Waals surface area (Å²) < 4.78 is 7.68. The second-order valence-electron chi connectivity index (χ2n) is 5.74. The van der Waals surface area contributed by atoms with Gasteiger partial charge in [-0.1, -0.05) is 13.8 Å². The molecule has 1 saturated heterocycles. The SMILES string of the molecule is CC(C)c1nccn1CCCNC(=O)CC1CNCCO1. The van der Waals surface area contributed by atoms with Crippen molar-refractivity contribution in [3.63, 3.8) is 0 Å². The molecule has 2 rings (SSSR count). The Hall–Kier alpha value is -1.40. The zero-order valence-corrected chi connectivity index (χ0v) is 13.0. The highest BCUT2D eigenvalue weighted by atomic mass is 16.5. The Kier molecular flexibility index (Phi) is 6.20. The van der Waals surface area contributed by atoms with E-state index in [2.05, 4.69) is 34.0 Å². The van der Waals surface area contributed by atoms with Crippen molar-refractivity contribution in [2.75, 3.05) is 26.2 Å². The smallest absolute Gasteiger partial charge is 0.222 e. The number of aryl methyl sites for hydroxylation is 1. The zero-order valence-electron chi connectivity index (χ0n) is 13.0. The monoisotopic (exact) mass is 294 g/mol. The van der Waals surface area contributed by atoms with Gasteiger partial charge in [-0.3, -0.25) is 4.79 Å². The molecule has 118 valence electrons. The van der Waals surface area contributed by atoms with E-state index in [9.17, 15) is 4.79 Å². The van der Waals surface area contributed by atoms with E-state index < -0.39 is 0 Å². The van der Waals surface area contributed by atoms with Crippen LogP contribution in [0.4, 0.5) is 0 Å². The average Bonchev–Trinajstić information content (AvgIpc) is 2.93. The molecule has 1 atom stereocenters. The molecule has 0 radical (unpaired) electrons. The topological polar surface area (TPSA) is 68.2 Å². The van der Waals surface area contributed by atoms with Crippen LogP contribution in [0.3, 0.4) is 0 Å². The quantitative estimate of drug-likeness (QED) is 0.733. The first-order valence-corrected chi connectivity index (χ1v) is 7.77. The Morgan fingerprint density at radius 3 is 3.19 bits per heavy atom. The summed E-state index contributed by atoms with van der Waals surface area (Å²) in [5, 5.41) is 6.19. The second-order valence-corrected chi connectivity index (χ2v) is 5.74. The molecule has 0 bridgehead atoms. The first-order valence-electron chi connectivity index (χ1n) is 7.77. The van der Waals surface area contributed by atoms with E-state index in [-0.39, 0.29) is 12.0 Å². The van der Waals surface area contributed by atoms with Crippen LogP contribution in [0.1, 0.15) is 38.4 Å². The number of hydrogen-bond acceptors (Lipinski definition) is 4. The van der Waals surface area contributed by atoms with Gasteiger partial charge < -0.3 is 19.9 Å². The van der Waals surface area contributed by atoms with Crippen molar-refractivity contribution in [2.45, 2.75) is 45.3 Å². The lowest BCUT2D eigenvalue weighted by molar-refractivity contribution is -0.124. The number of rotatable bonds is 7. The van der Waals surface area contributed by atoms with E-state index in [0.717, 1.165) is 31.9 Å². The van der Waals surface area contributed by atoms with Gasteiger partial charge in [0, 0.05) is 44.5 Å². The van der Waals surface area contributed by atoms with Crippen LogP contribution in [0.15, 0.2) is 12.4 Å². The van der Waals surface area contributed by atoms with Gasteiger partial charge in [-0.05, 0) is 6.42 Å². The highest BCUT2D eigenvalue weighted by Crippen LogP contribution is 2.11. The normalized spacial score (nSPS) is 18.9. The number of nitrogens with one attached hydrogen (secondary N) is 2. The summed E-state index contributed by atoms with van der Waals surface area (Å²) in [4.78, 5) is 16.2. The molecule has 21 heavy (non-hydrogen) atoms. The summed E-state index contributed by atoms with van der Waals surface area (Å²) in [6.45, 7) is 8.18. The third-order valence-electron chi connectivity index (χ3n) is 3.58. The van der Waals surface area contributed by atoms with Gasteiger partial charge in [-0.15, -0.1) is 0 Å². The molecule has 1 fully saturated rings. The maximum absolute atomic E-state index is 11.8. The van der Waals surface area contributed by atoms with Crippen molar-refractivity contribution in [2.24, 2.45) is 0 Å². The van der Waals surface area contributed by atoms with Crippen LogP contribution in [-0.4, -0.2) is 47.8 Å².